The zero-order chi connectivity index (χ0) is 17.2. The lowest BCUT2D eigenvalue weighted by Crippen LogP contribution is -2.41. The zero-order valence-electron chi connectivity index (χ0n) is 13.5. The summed E-state index contributed by atoms with van der Waals surface area (Å²) in [6, 6.07) is 20.5. The summed E-state index contributed by atoms with van der Waals surface area (Å²) >= 11 is 0. The number of anilines is 3. The molecule has 0 aliphatic carbocycles. The van der Waals surface area contributed by atoms with E-state index in [2.05, 4.69) is 16.0 Å². The highest BCUT2D eigenvalue weighted by Gasteiger charge is 2.27. The minimum absolute atomic E-state index is 0.0589. The number of hydrogen-bond acceptors (Lipinski definition) is 3. The van der Waals surface area contributed by atoms with Gasteiger partial charge >= 0.3 is 0 Å². The average Bonchev–Trinajstić information content (AvgIpc) is 2.63. The van der Waals surface area contributed by atoms with Crippen molar-refractivity contribution < 1.29 is 9.59 Å². The van der Waals surface area contributed by atoms with Crippen molar-refractivity contribution >= 4 is 39.6 Å². The number of fused-ring (bicyclic) bond motifs is 2. The highest BCUT2D eigenvalue weighted by molar-refractivity contribution is 6.07. The number of amides is 2. The lowest BCUT2D eigenvalue weighted by Gasteiger charge is -2.26. The SMILES string of the molecule is O=C(CC1Nc2ccccc2NC1=O)Nc1cccc2ccccc12. The summed E-state index contributed by atoms with van der Waals surface area (Å²) in [5, 5.41) is 10.9. The fourth-order valence-corrected chi connectivity index (χ4v) is 3.06. The maximum Gasteiger partial charge on any atom is 0.247 e. The van der Waals surface area contributed by atoms with Gasteiger partial charge in [-0.1, -0.05) is 48.5 Å². The van der Waals surface area contributed by atoms with Gasteiger partial charge in [0.25, 0.3) is 0 Å². The number of carbonyl (C=O) groups is 2. The van der Waals surface area contributed by atoms with Crippen LogP contribution in [0.15, 0.2) is 66.7 Å². The lowest BCUT2D eigenvalue weighted by atomic mass is 10.1. The van der Waals surface area contributed by atoms with Crippen molar-refractivity contribution in [2.45, 2.75) is 12.5 Å². The van der Waals surface area contributed by atoms with E-state index < -0.39 is 6.04 Å². The van der Waals surface area contributed by atoms with E-state index in [1.54, 1.807) is 0 Å². The molecule has 1 unspecified atom stereocenters. The molecule has 1 aliphatic heterocycles. The van der Waals surface area contributed by atoms with Crippen LogP contribution >= 0.6 is 0 Å². The number of benzene rings is 3. The summed E-state index contributed by atoms with van der Waals surface area (Å²) in [6.07, 6.45) is 0.0589. The van der Waals surface area contributed by atoms with Crippen molar-refractivity contribution in [3.8, 4) is 0 Å². The molecule has 5 heteroatoms. The number of para-hydroxylation sites is 2. The first-order valence-corrected chi connectivity index (χ1v) is 8.15. The Labute approximate surface area is 145 Å². The van der Waals surface area contributed by atoms with Gasteiger partial charge in [-0.05, 0) is 23.6 Å². The van der Waals surface area contributed by atoms with Gasteiger partial charge in [0.2, 0.25) is 11.8 Å². The second-order valence-electron chi connectivity index (χ2n) is 6.01. The Morgan fingerprint density at radius 3 is 2.52 bits per heavy atom. The molecular formula is C20H17N3O2. The standard InChI is InChI=1S/C20H17N3O2/c24-19(22-15-11-5-7-13-6-1-2-8-14(13)15)12-18-20(25)23-17-10-4-3-9-16(17)21-18/h1-11,18,21H,12H2,(H,22,24)(H,23,25). The molecule has 0 saturated heterocycles. The van der Waals surface area contributed by atoms with Crippen molar-refractivity contribution in [2.75, 3.05) is 16.0 Å². The highest BCUT2D eigenvalue weighted by atomic mass is 16.2. The van der Waals surface area contributed by atoms with Crippen LogP contribution in [0.2, 0.25) is 0 Å². The van der Waals surface area contributed by atoms with E-state index in [0.717, 1.165) is 27.8 Å². The molecule has 0 bridgehead atoms. The molecule has 25 heavy (non-hydrogen) atoms. The Morgan fingerprint density at radius 1 is 0.920 bits per heavy atom. The Balaban J connectivity index is 1.50. The van der Waals surface area contributed by atoms with Gasteiger partial charge in [-0.3, -0.25) is 9.59 Å². The smallest absolute Gasteiger partial charge is 0.247 e. The first-order valence-electron chi connectivity index (χ1n) is 8.15. The van der Waals surface area contributed by atoms with Crippen LogP contribution in [0.3, 0.4) is 0 Å². The van der Waals surface area contributed by atoms with E-state index in [4.69, 9.17) is 0 Å². The molecule has 1 heterocycles. The largest absolute Gasteiger partial charge is 0.372 e. The third-order valence-electron chi connectivity index (χ3n) is 4.28. The number of rotatable bonds is 3. The summed E-state index contributed by atoms with van der Waals surface area (Å²) in [4.78, 5) is 24.7. The van der Waals surface area contributed by atoms with Gasteiger partial charge in [0, 0.05) is 11.1 Å². The van der Waals surface area contributed by atoms with Crippen LogP contribution in [-0.2, 0) is 9.59 Å². The third-order valence-corrected chi connectivity index (χ3v) is 4.28. The van der Waals surface area contributed by atoms with Gasteiger partial charge in [0.05, 0.1) is 17.8 Å². The third kappa shape index (κ3) is 3.04. The van der Waals surface area contributed by atoms with E-state index in [1.165, 1.54) is 0 Å². The van der Waals surface area contributed by atoms with E-state index in [1.807, 2.05) is 66.7 Å². The average molecular weight is 331 g/mol. The predicted molar refractivity (Wildman–Crippen MR) is 99.7 cm³/mol. The Bertz CT molecular complexity index is 963. The van der Waals surface area contributed by atoms with Gasteiger partial charge in [0.15, 0.2) is 0 Å². The fraction of sp³-hybridized carbons (Fsp3) is 0.100. The first-order chi connectivity index (χ1) is 12.2. The quantitative estimate of drug-likeness (QED) is 0.687. The van der Waals surface area contributed by atoms with Crippen molar-refractivity contribution in [1.82, 2.24) is 0 Å². The van der Waals surface area contributed by atoms with Crippen LogP contribution in [0, 0.1) is 0 Å². The predicted octanol–water partition coefficient (Wildman–Crippen LogP) is 3.60. The maximum absolute atomic E-state index is 12.5. The summed E-state index contributed by atoms with van der Waals surface area (Å²) in [6.45, 7) is 0. The minimum atomic E-state index is -0.593. The Kier molecular flexibility index (Phi) is 3.82. The second-order valence-corrected chi connectivity index (χ2v) is 6.01. The van der Waals surface area contributed by atoms with Crippen LogP contribution in [0.4, 0.5) is 17.1 Å². The molecule has 2 amide bonds. The van der Waals surface area contributed by atoms with E-state index in [0.29, 0.717) is 0 Å². The molecule has 0 fully saturated rings. The Hall–Kier alpha value is -3.34. The molecule has 124 valence electrons. The van der Waals surface area contributed by atoms with Crippen LogP contribution < -0.4 is 16.0 Å². The summed E-state index contributed by atoms with van der Waals surface area (Å²) in [5.74, 6) is -0.407. The zero-order valence-corrected chi connectivity index (χ0v) is 13.5. The molecule has 1 atom stereocenters. The van der Waals surface area contributed by atoms with Crippen LogP contribution in [0.1, 0.15) is 6.42 Å². The molecule has 5 nitrogen and oxygen atoms in total. The normalized spacial score (nSPS) is 15.8. The van der Waals surface area contributed by atoms with Gasteiger partial charge in [-0.2, -0.15) is 0 Å². The number of hydrogen-bond donors (Lipinski definition) is 3. The van der Waals surface area contributed by atoms with Crippen molar-refractivity contribution in [3.05, 3.63) is 66.7 Å². The van der Waals surface area contributed by atoms with Crippen molar-refractivity contribution in [3.63, 3.8) is 0 Å². The summed E-state index contributed by atoms with van der Waals surface area (Å²) < 4.78 is 0. The molecule has 0 aromatic heterocycles. The fourth-order valence-electron chi connectivity index (χ4n) is 3.06. The van der Waals surface area contributed by atoms with E-state index in [9.17, 15) is 9.59 Å². The topological polar surface area (TPSA) is 70.2 Å². The van der Waals surface area contributed by atoms with Gasteiger partial charge in [-0.25, -0.2) is 0 Å². The van der Waals surface area contributed by atoms with E-state index >= 15 is 0 Å². The molecule has 3 aromatic rings. The van der Waals surface area contributed by atoms with Crippen LogP contribution in [-0.4, -0.2) is 17.9 Å². The highest BCUT2D eigenvalue weighted by Crippen LogP contribution is 2.27. The second kappa shape index (κ2) is 6.28. The molecule has 0 spiro atoms. The molecule has 4 rings (SSSR count). The maximum atomic E-state index is 12.5. The van der Waals surface area contributed by atoms with Crippen molar-refractivity contribution in [1.29, 1.82) is 0 Å². The van der Waals surface area contributed by atoms with Gasteiger partial charge < -0.3 is 16.0 Å². The van der Waals surface area contributed by atoms with Crippen molar-refractivity contribution in [2.24, 2.45) is 0 Å². The van der Waals surface area contributed by atoms with Gasteiger partial charge in [0.1, 0.15) is 6.04 Å². The lowest BCUT2D eigenvalue weighted by molar-refractivity contribution is -0.122. The first kappa shape index (κ1) is 15.2. The monoisotopic (exact) mass is 331 g/mol. The van der Waals surface area contributed by atoms with E-state index in [-0.39, 0.29) is 18.2 Å². The molecule has 3 N–H and O–H groups in total. The summed E-state index contributed by atoms with van der Waals surface area (Å²) in [5.41, 5.74) is 2.31. The Morgan fingerprint density at radius 2 is 1.64 bits per heavy atom. The molecule has 1 aliphatic rings. The minimum Gasteiger partial charge on any atom is -0.372 e. The number of carbonyl (C=O) groups excluding carboxylic acids is 2. The molecule has 3 aromatic carbocycles. The van der Waals surface area contributed by atoms with Gasteiger partial charge in [-0.15, -0.1) is 0 Å². The van der Waals surface area contributed by atoms with Crippen LogP contribution in [0.5, 0.6) is 0 Å². The molecule has 0 saturated carbocycles. The summed E-state index contributed by atoms with van der Waals surface area (Å²) in [7, 11) is 0. The molecular weight excluding hydrogens is 314 g/mol. The molecule has 0 radical (unpaired) electrons. The van der Waals surface area contributed by atoms with Crippen LogP contribution in [0.25, 0.3) is 10.8 Å². The number of nitrogens with one attached hydrogen (secondary N) is 3.